The zero-order valence-corrected chi connectivity index (χ0v) is 11.0. The molecule has 1 fully saturated rings. The van der Waals surface area contributed by atoms with Gasteiger partial charge in [-0.15, -0.1) is 0 Å². The van der Waals surface area contributed by atoms with E-state index in [4.69, 9.17) is 5.11 Å². The van der Waals surface area contributed by atoms with E-state index in [-0.39, 0.29) is 11.3 Å². The first kappa shape index (κ1) is 14.3. The number of carboxylic acid groups (broad SMARTS) is 1. The van der Waals surface area contributed by atoms with Crippen molar-refractivity contribution in [3.05, 3.63) is 33.9 Å². The molecule has 1 heterocycles. The molecule has 2 rings (SSSR count). The molecule has 1 aromatic carbocycles. The SMILES string of the molecule is O=C(O)c1ccc([N+](=O)[O-])cc1NCCN1CCCC1. The number of carbonyl (C=O) groups is 1. The van der Waals surface area contributed by atoms with E-state index in [2.05, 4.69) is 10.2 Å². The molecular formula is C13H17N3O4. The number of aromatic carboxylic acids is 1. The number of non-ortho nitro benzene ring substituents is 1. The van der Waals surface area contributed by atoms with Crippen molar-refractivity contribution in [2.45, 2.75) is 12.8 Å². The van der Waals surface area contributed by atoms with Crippen molar-refractivity contribution in [1.29, 1.82) is 0 Å². The van der Waals surface area contributed by atoms with Crippen LogP contribution < -0.4 is 5.32 Å². The van der Waals surface area contributed by atoms with Crippen molar-refractivity contribution < 1.29 is 14.8 Å². The summed E-state index contributed by atoms with van der Waals surface area (Å²) in [5, 5.41) is 22.8. The fraction of sp³-hybridized carbons (Fsp3) is 0.462. The molecule has 2 N–H and O–H groups in total. The van der Waals surface area contributed by atoms with Gasteiger partial charge in [0.05, 0.1) is 16.2 Å². The summed E-state index contributed by atoms with van der Waals surface area (Å²) >= 11 is 0. The van der Waals surface area contributed by atoms with Gasteiger partial charge in [-0.2, -0.15) is 0 Å². The van der Waals surface area contributed by atoms with Crippen molar-refractivity contribution in [2.75, 3.05) is 31.5 Å². The second kappa shape index (κ2) is 6.33. The molecule has 0 unspecified atom stereocenters. The molecule has 0 spiro atoms. The van der Waals surface area contributed by atoms with Gasteiger partial charge in [-0.1, -0.05) is 0 Å². The maximum Gasteiger partial charge on any atom is 0.337 e. The minimum Gasteiger partial charge on any atom is -0.478 e. The fourth-order valence-electron chi connectivity index (χ4n) is 2.33. The number of carboxylic acids is 1. The third kappa shape index (κ3) is 3.45. The number of rotatable bonds is 6. The third-order valence-electron chi connectivity index (χ3n) is 3.39. The smallest absolute Gasteiger partial charge is 0.337 e. The highest BCUT2D eigenvalue weighted by molar-refractivity contribution is 5.94. The van der Waals surface area contributed by atoms with E-state index in [1.54, 1.807) is 0 Å². The number of hydrogen-bond acceptors (Lipinski definition) is 5. The first-order valence-corrected chi connectivity index (χ1v) is 6.56. The summed E-state index contributed by atoms with van der Waals surface area (Å²) in [4.78, 5) is 23.6. The zero-order chi connectivity index (χ0) is 14.5. The number of benzene rings is 1. The number of nitrogens with zero attached hydrogens (tertiary/aromatic N) is 2. The van der Waals surface area contributed by atoms with Gasteiger partial charge in [0.15, 0.2) is 0 Å². The van der Waals surface area contributed by atoms with Crippen molar-refractivity contribution >= 4 is 17.3 Å². The van der Waals surface area contributed by atoms with Gasteiger partial charge in [-0.25, -0.2) is 4.79 Å². The average molecular weight is 279 g/mol. The van der Waals surface area contributed by atoms with Gasteiger partial charge in [0.2, 0.25) is 0 Å². The Morgan fingerprint density at radius 3 is 2.70 bits per heavy atom. The van der Waals surface area contributed by atoms with E-state index >= 15 is 0 Å². The van der Waals surface area contributed by atoms with Gasteiger partial charge in [-0.3, -0.25) is 10.1 Å². The van der Waals surface area contributed by atoms with Crippen LogP contribution in [0.15, 0.2) is 18.2 Å². The monoisotopic (exact) mass is 279 g/mol. The normalized spacial score (nSPS) is 15.2. The van der Waals surface area contributed by atoms with Gasteiger partial charge in [0, 0.05) is 25.2 Å². The number of nitro benzene ring substituents is 1. The Bertz CT molecular complexity index is 512. The lowest BCUT2D eigenvalue weighted by molar-refractivity contribution is -0.384. The molecule has 0 radical (unpaired) electrons. The first-order valence-electron chi connectivity index (χ1n) is 6.56. The maximum atomic E-state index is 11.1. The molecule has 0 amide bonds. The fourth-order valence-corrected chi connectivity index (χ4v) is 2.33. The Balaban J connectivity index is 2.04. The molecule has 1 saturated heterocycles. The van der Waals surface area contributed by atoms with E-state index < -0.39 is 10.9 Å². The zero-order valence-electron chi connectivity index (χ0n) is 11.0. The second-order valence-electron chi connectivity index (χ2n) is 4.77. The summed E-state index contributed by atoms with van der Waals surface area (Å²) in [6, 6.07) is 3.74. The lowest BCUT2D eigenvalue weighted by Crippen LogP contribution is -2.26. The van der Waals surface area contributed by atoms with Crippen LogP contribution in [0.3, 0.4) is 0 Å². The number of nitrogens with one attached hydrogen (secondary N) is 1. The molecule has 0 aromatic heterocycles. The van der Waals surface area contributed by atoms with Gasteiger partial charge in [-0.05, 0) is 32.0 Å². The highest BCUT2D eigenvalue weighted by Crippen LogP contribution is 2.22. The molecule has 0 bridgehead atoms. The van der Waals surface area contributed by atoms with Crippen molar-refractivity contribution in [3.63, 3.8) is 0 Å². The van der Waals surface area contributed by atoms with Crippen LogP contribution in [0.25, 0.3) is 0 Å². The van der Waals surface area contributed by atoms with Crippen LogP contribution in [0.5, 0.6) is 0 Å². The van der Waals surface area contributed by atoms with Gasteiger partial charge in [0.25, 0.3) is 5.69 Å². The molecule has 0 atom stereocenters. The van der Waals surface area contributed by atoms with Crippen molar-refractivity contribution in [3.8, 4) is 0 Å². The quantitative estimate of drug-likeness (QED) is 0.609. The van der Waals surface area contributed by atoms with Crippen LogP contribution in [-0.4, -0.2) is 47.1 Å². The van der Waals surface area contributed by atoms with E-state index in [0.29, 0.717) is 12.2 Å². The minimum atomic E-state index is -1.09. The van der Waals surface area contributed by atoms with E-state index in [1.165, 1.54) is 31.0 Å². The van der Waals surface area contributed by atoms with Crippen LogP contribution in [0.4, 0.5) is 11.4 Å². The second-order valence-corrected chi connectivity index (χ2v) is 4.77. The Labute approximate surface area is 116 Å². The van der Waals surface area contributed by atoms with Crippen molar-refractivity contribution in [1.82, 2.24) is 4.90 Å². The van der Waals surface area contributed by atoms with E-state index in [1.807, 2.05) is 0 Å². The Morgan fingerprint density at radius 2 is 2.10 bits per heavy atom. The highest BCUT2D eigenvalue weighted by Gasteiger charge is 2.16. The van der Waals surface area contributed by atoms with E-state index in [0.717, 1.165) is 19.6 Å². The Hall–Kier alpha value is -2.15. The molecule has 1 aliphatic heterocycles. The summed E-state index contributed by atoms with van der Waals surface area (Å²) in [5.41, 5.74) is 0.238. The predicted octanol–water partition coefficient (Wildman–Crippen LogP) is 1.80. The molecule has 1 aromatic rings. The van der Waals surface area contributed by atoms with Gasteiger partial charge < -0.3 is 15.3 Å². The molecule has 1 aliphatic rings. The largest absolute Gasteiger partial charge is 0.478 e. The summed E-state index contributed by atoms with van der Waals surface area (Å²) in [5.74, 6) is -1.09. The molecular weight excluding hydrogens is 262 g/mol. The summed E-state index contributed by atoms with van der Waals surface area (Å²) in [7, 11) is 0. The van der Waals surface area contributed by atoms with Crippen LogP contribution in [0, 0.1) is 10.1 Å². The van der Waals surface area contributed by atoms with Crippen LogP contribution in [0.1, 0.15) is 23.2 Å². The van der Waals surface area contributed by atoms with Gasteiger partial charge in [0.1, 0.15) is 0 Å². The van der Waals surface area contributed by atoms with Gasteiger partial charge >= 0.3 is 5.97 Å². The number of nitro groups is 1. The van der Waals surface area contributed by atoms with Crippen LogP contribution in [0.2, 0.25) is 0 Å². The molecule has 0 aliphatic carbocycles. The van der Waals surface area contributed by atoms with E-state index in [9.17, 15) is 14.9 Å². The molecule has 108 valence electrons. The van der Waals surface area contributed by atoms with Crippen LogP contribution >= 0.6 is 0 Å². The predicted molar refractivity (Wildman–Crippen MR) is 74.2 cm³/mol. The number of anilines is 1. The Kier molecular flexibility index (Phi) is 4.52. The molecule has 7 heteroatoms. The lowest BCUT2D eigenvalue weighted by atomic mass is 10.1. The minimum absolute atomic E-state index is 0.0528. The highest BCUT2D eigenvalue weighted by atomic mass is 16.6. The summed E-state index contributed by atoms with van der Waals surface area (Å²) in [6.45, 7) is 3.49. The standard InChI is InChI=1S/C13H17N3O4/c17-13(18)11-4-3-10(16(19)20)9-12(11)14-5-8-15-6-1-2-7-15/h3-4,9,14H,1-2,5-8H2,(H,17,18). The number of hydrogen-bond donors (Lipinski definition) is 2. The topological polar surface area (TPSA) is 95.7 Å². The lowest BCUT2D eigenvalue weighted by Gasteiger charge is -2.16. The molecule has 7 nitrogen and oxygen atoms in total. The summed E-state index contributed by atoms with van der Waals surface area (Å²) in [6.07, 6.45) is 2.38. The van der Waals surface area contributed by atoms with Crippen LogP contribution in [-0.2, 0) is 0 Å². The third-order valence-corrected chi connectivity index (χ3v) is 3.39. The molecule has 20 heavy (non-hydrogen) atoms. The summed E-state index contributed by atoms with van der Waals surface area (Å²) < 4.78 is 0. The number of likely N-dealkylation sites (tertiary alicyclic amines) is 1. The maximum absolute atomic E-state index is 11.1. The van der Waals surface area contributed by atoms with Crippen molar-refractivity contribution in [2.24, 2.45) is 0 Å². The molecule has 0 saturated carbocycles. The first-order chi connectivity index (χ1) is 9.58. The Morgan fingerprint density at radius 1 is 1.40 bits per heavy atom. The average Bonchev–Trinajstić information content (AvgIpc) is 2.91.